The van der Waals surface area contributed by atoms with E-state index in [0.717, 1.165) is 6.08 Å². The number of ether oxygens (including phenoxy) is 2. The minimum atomic E-state index is -1.03. The Balaban J connectivity index is 2.02. The first kappa shape index (κ1) is 18.1. The van der Waals surface area contributed by atoms with Crippen LogP contribution in [0.3, 0.4) is 0 Å². The Kier molecular flexibility index (Phi) is 6.59. The molecule has 0 bridgehead atoms. The molecule has 0 heterocycles. The number of benzene rings is 2. The number of carbonyl (C=O) groups excluding carboxylic acids is 1. The maximum absolute atomic E-state index is 11.9. The lowest BCUT2D eigenvalue weighted by atomic mass is 10.2. The number of para-hydroxylation sites is 1. The van der Waals surface area contributed by atoms with E-state index in [1.165, 1.54) is 6.08 Å². The van der Waals surface area contributed by atoms with Crippen LogP contribution in [0.1, 0.15) is 12.5 Å². The van der Waals surface area contributed by atoms with Gasteiger partial charge in [-0.3, -0.25) is 4.79 Å². The van der Waals surface area contributed by atoms with Crippen molar-refractivity contribution in [2.75, 3.05) is 18.5 Å². The zero-order valence-electron chi connectivity index (χ0n) is 13.8. The van der Waals surface area contributed by atoms with Crippen LogP contribution in [0, 0.1) is 0 Å². The molecule has 0 radical (unpaired) electrons. The maximum atomic E-state index is 11.9. The molecule has 6 nitrogen and oxygen atoms in total. The Bertz CT molecular complexity index is 756. The summed E-state index contributed by atoms with van der Waals surface area (Å²) in [5, 5.41) is 11.4. The smallest absolute Gasteiger partial charge is 0.328 e. The molecule has 25 heavy (non-hydrogen) atoms. The largest absolute Gasteiger partial charge is 0.490 e. The van der Waals surface area contributed by atoms with Gasteiger partial charge in [-0.2, -0.15) is 0 Å². The Morgan fingerprint density at radius 3 is 2.52 bits per heavy atom. The lowest BCUT2D eigenvalue weighted by Crippen LogP contribution is -2.20. The molecule has 130 valence electrons. The average Bonchev–Trinajstić information content (AvgIpc) is 2.60. The summed E-state index contributed by atoms with van der Waals surface area (Å²) in [4.78, 5) is 22.5. The first-order valence-electron chi connectivity index (χ1n) is 7.74. The van der Waals surface area contributed by atoms with E-state index in [9.17, 15) is 9.59 Å². The van der Waals surface area contributed by atoms with Gasteiger partial charge in [-0.25, -0.2) is 4.79 Å². The maximum Gasteiger partial charge on any atom is 0.328 e. The second-order valence-electron chi connectivity index (χ2n) is 5.01. The summed E-state index contributed by atoms with van der Waals surface area (Å²) < 4.78 is 11.0. The van der Waals surface area contributed by atoms with Gasteiger partial charge < -0.3 is 19.9 Å². The number of rotatable bonds is 8. The van der Waals surface area contributed by atoms with Crippen molar-refractivity contribution in [1.29, 1.82) is 0 Å². The van der Waals surface area contributed by atoms with Crippen LogP contribution in [0.15, 0.2) is 54.6 Å². The molecule has 0 aliphatic carbocycles. The first-order chi connectivity index (χ1) is 12.1. The van der Waals surface area contributed by atoms with Gasteiger partial charge >= 0.3 is 5.97 Å². The van der Waals surface area contributed by atoms with Crippen LogP contribution < -0.4 is 14.8 Å². The Morgan fingerprint density at radius 2 is 1.84 bits per heavy atom. The zero-order valence-corrected chi connectivity index (χ0v) is 13.8. The predicted molar refractivity (Wildman–Crippen MR) is 94.8 cm³/mol. The van der Waals surface area contributed by atoms with Gasteiger partial charge in [0.2, 0.25) is 0 Å². The molecule has 0 saturated carbocycles. The average molecular weight is 341 g/mol. The van der Waals surface area contributed by atoms with Crippen molar-refractivity contribution >= 4 is 23.6 Å². The third kappa shape index (κ3) is 6.02. The molecular formula is C19H19NO5. The van der Waals surface area contributed by atoms with Gasteiger partial charge in [0.05, 0.1) is 6.61 Å². The summed E-state index contributed by atoms with van der Waals surface area (Å²) >= 11 is 0. The number of hydrogen-bond donors (Lipinski definition) is 2. The lowest BCUT2D eigenvalue weighted by Gasteiger charge is -2.12. The molecule has 2 rings (SSSR count). The Hall–Kier alpha value is -3.28. The molecule has 2 aromatic carbocycles. The van der Waals surface area contributed by atoms with Crippen molar-refractivity contribution in [1.82, 2.24) is 0 Å². The van der Waals surface area contributed by atoms with Gasteiger partial charge in [0.1, 0.15) is 0 Å². The predicted octanol–water partition coefficient (Wildman–Crippen LogP) is 3.20. The molecule has 6 heteroatoms. The van der Waals surface area contributed by atoms with E-state index < -0.39 is 5.97 Å². The summed E-state index contributed by atoms with van der Waals surface area (Å²) in [5.41, 5.74) is 1.35. The van der Waals surface area contributed by atoms with Crippen LogP contribution in [-0.4, -0.2) is 30.2 Å². The Morgan fingerprint density at radius 1 is 1.08 bits per heavy atom. The van der Waals surface area contributed by atoms with Gasteiger partial charge in [0, 0.05) is 11.8 Å². The van der Waals surface area contributed by atoms with Gasteiger partial charge in [-0.05, 0) is 42.8 Å². The third-order valence-corrected chi connectivity index (χ3v) is 3.10. The van der Waals surface area contributed by atoms with Gasteiger partial charge in [0.15, 0.2) is 18.1 Å². The Labute approximate surface area is 145 Å². The number of nitrogens with one attached hydrogen (secondary N) is 1. The van der Waals surface area contributed by atoms with E-state index in [2.05, 4.69) is 5.32 Å². The van der Waals surface area contributed by atoms with Crippen LogP contribution in [0.5, 0.6) is 11.5 Å². The molecule has 2 aromatic rings. The van der Waals surface area contributed by atoms with E-state index in [4.69, 9.17) is 14.6 Å². The second-order valence-corrected chi connectivity index (χ2v) is 5.01. The standard InChI is InChI=1S/C19H19NO5/c1-2-24-17-12-14(9-11-19(22)23)8-10-16(17)25-13-18(21)20-15-6-4-3-5-7-15/h3-12H,2,13H2,1H3,(H,20,21)(H,22,23)/b11-9+. The molecule has 0 aliphatic rings. The van der Waals surface area contributed by atoms with E-state index in [1.54, 1.807) is 30.3 Å². The normalized spacial score (nSPS) is 10.4. The molecule has 0 atom stereocenters. The lowest BCUT2D eigenvalue weighted by molar-refractivity contribution is -0.131. The molecule has 0 aliphatic heterocycles. The fourth-order valence-corrected chi connectivity index (χ4v) is 2.05. The SMILES string of the molecule is CCOc1cc(/C=C/C(=O)O)ccc1OCC(=O)Nc1ccccc1. The number of carbonyl (C=O) groups is 2. The third-order valence-electron chi connectivity index (χ3n) is 3.10. The number of hydrogen-bond acceptors (Lipinski definition) is 4. The van der Waals surface area contributed by atoms with Gasteiger partial charge in [-0.15, -0.1) is 0 Å². The fourth-order valence-electron chi connectivity index (χ4n) is 2.05. The van der Waals surface area contributed by atoms with Crippen molar-refractivity contribution in [3.8, 4) is 11.5 Å². The number of carboxylic acids is 1. The summed E-state index contributed by atoms with van der Waals surface area (Å²) in [7, 11) is 0. The monoisotopic (exact) mass is 341 g/mol. The van der Waals surface area contributed by atoms with E-state index >= 15 is 0 Å². The minimum Gasteiger partial charge on any atom is -0.490 e. The minimum absolute atomic E-state index is 0.167. The number of anilines is 1. The number of amides is 1. The van der Waals surface area contributed by atoms with Crippen LogP contribution in [0.4, 0.5) is 5.69 Å². The number of carboxylic acid groups (broad SMARTS) is 1. The summed E-state index contributed by atoms with van der Waals surface area (Å²) in [6, 6.07) is 14.1. The molecule has 0 fully saturated rings. The van der Waals surface area contributed by atoms with Gasteiger partial charge in [-0.1, -0.05) is 24.3 Å². The van der Waals surface area contributed by atoms with Crippen LogP contribution >= 0.6 is 0 Å². The van der Waals surface area contributed by atoms with Gasteiger partial charge in [0.25, 0.3) is 5.91 Å². The van der Waals surface area contributed by atoms with Crippen LogP contribution in [0.25, 0.3) is 6.08 Å². The molecular weight excluding hydrogens is 322 g/mol. The molecule has 0 unspecified atom stereocenters. The second kappa shape index (κ2) is 9.12. The van der Waals surface area contributed by atoms with E-state index in [0.29, 0.717) is 29.4 Å². The highest BCUT2D eigenvalue weighted by atomic mass is 16.5. The molecule has 0 saturated heterocycles. The highest BCUT2D eigenvalue weighted by Gasteiger charge is 2.09. The quantitative estimate of drug-likeness (QED) is 0.720. The molecule has 0 spiro atoms. The molecule has 0 aromatic heterocycles. The zero-order chi connectivity index (χ0) is 18.1. The number of aliphatic carboxylic acids is 1. The van der Waals surface area contributed by atoms with Crippen molar-refractivity contribution in [2.24, 2.45) is 0 Å². The van der Waals surface area contributed by atoms with E-state index in [1.807, 2.05) is 25.1 Å². The summed E-state index contributed by atoms with van der Waals surface area (Å²) in [6.07, 6.45) is 2.50. The van der Waals surface area contributed by atoms with Crippen LogP contribution in [0.2, 0.25) is 0 Å². The summed E-state index contributed by atoms with van der Waals surface area (Å²) in [6.45, 7) is 2.07. The highest BCUT2D eigenvalue weighted by Crippen LogP contribution is 2.29. The first-order valence-corrected chi connectivity index (χ1v) is 7.74. The highest BCUT2D eigenvalue weighted by molar-refractivity contribution is 5.91. The fraction of sp³-hybridized carbons (Fsp3) is 0.158. The van der Waals surface area contributed by atoms with E-state index in [-0.39, 0.29) is 12.5 Å². The summed E-state index contributed by atoms with van der Waals surface area (Å²) in [5.74, 6) is -0.459. The van der Waals surface area contributed by atoms with Crippen molar-refractivity contribution in [3.05, 3.63) is 60.2 Å². The molecule has 2 N–H and O–H groups in total. The van der Waals surface area contributed by atoms with Crippen molar-refractivity contribution < 1.29 is 24.2 Å². The topological polar surface area (TPSA) is 84.9 Å². The molecule has 1 amide bonds. The van der Waals surface area contributed by atoms with Crippen LogP contribution in [-0.2, 0) is 9.59 Å². The van der Waals surface area contributed by atoms with Crippen molar-refractivity contribution in [2.45, 2.75) is 6.92 Å². The van der Waals surface area contributed by atoms with Crippen molar-refractivity contribution in [3.63, 3.8) is 0 Å².